The lowest BCUT2D eigenvalue weighted by molar-refractivity contribution is 0.0964. The third kappa shape index (κ3) is 3.68. The van der Waals surface area contributed by atoms with Gasteiger partial charge in [-0.25, -0.2) is 0 Å². The normalized spacial score (nSPS) is 10.0. The monoisotopic (exact) mass is 392 g/mol. The molecule has 0 saturated heterocycles. The molecule has 2 amide bonds. The van der Waals surface area contributed by atoms with Gasteiger partial charge in [-0.15, -0.1) is 0 Å². The molecule has 0 saturated carbocycles. The van der Waals surface area contributed by atoms with Crippen LogP contribution in [0.25, 0.3) is 0 Å². The maximum Gasteiger partial charge on any atom is 0.255 e. The average Bonchev–Trinajstić information content (AvgIpc) is 2.61. The van der Waals surface area contributed by atoms with Crippen molar-refractivity contribution in [2.45, 2.75) is 0 Å². The Balaban J connectivity index is 2.36. The topological polar surface area (TPSA) is 76.7 Å². The molecule has 0 aliphatic heterocycles. The van der Waals surface area contributed by atoms with E-state index in [1.807, 2.05) is 0 Å². The Morgan fingerprint density at radius 2 is 1.58 bits per heavy atom. The quantitative estimate of drug-likeness (QED) is 0.819. The van der Waals surface area contributed by atoms with Crippen LogP contribution in [0, 0.1) is 0 Å². The smallest absolute Gasteiger partial charge is 0.255 e. The number of hydrogen-bond acceptors (Lipinski definition) is 4. The van der Waals surface area contributed by atoms with Crippen molar-refractivity contribution in [1.82, 2.24) is 5.32 Å². The number of rotatable bonds is 5. The Kier molecular flexibility index (Phi) is 5.81. The van der Waals surface area contributed by atoms with Crippen molar-refractivity contribution in [2.75, 3.05) is 26.6 Å². The maximum absolute atomic E-state index is 12.6. The molecule has 24 heavy (non-hydrogen) atoms. The lowest BCUT2D eigenvalue weighted by Crippen LogP contribution is -2.21. The molecule has 0 atom stereocenters. The molecule has 0 unspecified atom stereocenters. The Labute approximate surface area is 148 Å². The van der Waals surface area contributed by atoms with Crippen LogP contribution >= 0.6 is 15.9 Å². The fourth-order valence-corrected chi connectivity index (χ4v) is 2.67. The Morgan fingerprint density at radius 3 is 2.12 bits per heavy atom. The van der Waals surface area contributed by atoms with Crippen LogP contribution in [0.5, 0.6) is 11.5 Å². The van der Waals surface area contributed by atoms with E-state index in [9.17, 15) is 9.59 Å². The van der Waals surface area contributed by atoms with E-state index < -0.39 is 0 Å². The molecule has 0 fully saturated rings. The molecule has 0 aliphatic rings. The summed E-state index contributed by atoms with van der Waals surface area (Å²) in [5.74, 6) is 0.283. The van der Waals surface area contributed by atoms with Crippen LogP contribution in [0.15, 0.2) is 40.9 Å². The van der Waals surface area contributed by atoms with Gasteiger partial charge < -0.3 is 20.1 Å². The molecule has 7 heteroatoms. The third-order valence-corrected chi connectivity index (χ3v) is 4.14. The summed E-state index contributed by atoms with van der Waals surface area (Å²) in [5, 5.41) is 5.28. The number of hydrogen-bond donors (Lipinski definition) is 2. The molecule has 2 aromatic carbocycles. The second-order valence-electron chi connectivity index (χ2n) is 4.77. The minimum atomic E-state index is -0.379. The Morgan fingerprint density at radius 1 is 1.00 bits per heavy atom. The molecule has 0 radical (unpaired) electrons. The van der Waals surface area contributed by atoms with Gasteiger partial charge in [-0.3, -0.25) is 9.59 Å². The third-order valence-electron chi connectivity index (χ3n) is 3.35. The van der Waals surface area contributed by atoms with Crippen molar-refractivity contribution in [3.05, 3.63) is 52.0 Å². The lowest BCUT2D eigenvalue weighted by atomic mass is 10.1. The predicted octanol–water partition coefficient (Wildman–Crippen LogP) is 3.08. The number of nitrogens with one attached hydrogen (secondary N) is 2. The number of carbonyl (C=O) groups is 2. The van der Waals surface area contributed by atoms with E-state index in [1.54, 1.807) is 36.4 Å². The number of halogens is 1. The fourth-order valence-electron chi connectivity index (χ4n) is 2.12. The van der Waals surface area contributed by atoms with Crippen molar-refractivity contribution in [1.29, 1.82) is 0 Å². The molecule has 0 spiro atoms. The van der Waals surface area contributed by atoms with E-state index in [2.05, 4.69) is 26.6 Å². The molecule has 0 aliphatic carbocycles. The standard InChI is InChI=1S/C17H17BrN2O4/c1-19-17(22)11-6-4-5-7-12(11)20-16(21)10-8-13(23-2)15(18)14(9-10)24-3/h4-9H,1-3H3,(H,19,22)(H,20,21). The van der Waals surface area contributed by atoms with Gasteiger partial charge in [0.1, 0.15) is 16.0 Å². The number of carbonyl (C=O) groups excluding carboxylic acids is 2. The molecular formula is C17H17BrN2O4. The molecule has 2 aromatic rings. The first-order valence-electron chi connectivity index (χ1n) is 7.05. The van der Waals surface area contributed by atoms with Crippen molar-refractivity contribution < 1.29 is 19.1 Å². The molecular weight excluding hydrogens is 376 g/mol. The van der Waals surface area contributed by atoms with E-state index in [0.717, 1.165) is 0 Å². The maximum atomic E-state index is 12.6. The van der Waals surface area contributed by atoms with Gasteiger partial charge in [-0.05, 0) is 40.2 Å². The predicted molar refractivity (Wildman–Crippen MR) is 95.0 cm³/mol. The second-order valence-corrected chi connectivity index (χ2v) is 5.57. The van der Waals surface area contributed by atoms with Gasteiger partial charge in [-0.1, -0.05) is 12.1 Å². The number of para-hydroxylation sites is 1. The van der Waals surface area contributed by atoms with Crippen molar-refractivity contribution in [2.24, 2.45) is 0 Å². The zero-order chi connectivity index (χ0) is 17.7. The van der Waals surface area contributed by atoms with E-state index in [4.69, 9.17) is 9.47 Å². The van der Waals surface area contributed by atoms with Gasteiger partial charge in [0.15, 0.2) is 0 Å². The Hall–Kier alpha value is -2.54. The summed E-state index contributed by atoms with van der Waals surface area (Å²) in [5.41, 5.74) is 1.14. The fraction of sp³-hybridized carbons (Fsp3) is 0.176. The molecule has 0 bridgehead atoms. The summed E-state index contributed by atoms with van der Waals surface area (Å²) < 4.78 is 11.1. The van der Waals surface area contributed by atoms with Crippen LogP contribution in [0.3, 0.4) is 0 Å². The van der Waals surface area contributed by atoms with E-state index >= 15 is 0 Å². The van der Waals surface area contributed by atoms with Crippen molar-refractivity contribution in [3.63, 3.8) is 0 Å². The minimum Gasteiger partial charge on any atom is -0.495 e. The van der Waals surface area contributed by atoms with Gasteiger partial charge in [-0.2, -0.15) is 0 Å². The summed E-state index contributed by atoms with van der Waals surface area (Å²) >= 11 is 3.36. The van der Waals surface area contributed by atoms with E-state index in [1.165, 1.54) is 21.3 Å². The minimum absolute atomic E-state index is 0.281. The van der Waals surface area contributed by atoms with Crippen molar-refractivity contribution >= 4 is 33.4 Å². The Bertz CT molecular complexity index is 752. The van der Waals surface area contributed by atoms with E-state index in [-0.39, 0.29) is 11.8 Å². The SMILES string of the molecule is CNC(=O)c1ccccc1NC(=O)c1cc(OC)c(Br)c(OC)c1. The summed E-state index contributed by atoms with van der Waals surface area (Å²) in [6.07, 6.45) is 0. The zero-order valence-corrected chi connectivity index (χ0v) is 15.1. The summed E-state index contributed by atoms with van der Waals surface area (Å²) in [4.78, 5) is 24.4. The second kappa shape index (κ2) is 7.83. The molecule has 6 nitrogen and oxygen atoms in total. The van der Waals surface area contributed by atoms with Crippen LogP contribution in [-0.2, 0) is 0 Å². The number of amides is 2. The van der Waals surface area contributed by atoms with Gasteiger partial charge in [0.2, 0.25) is 0 Å². The first-order valence-corrected chi connectivity index (χ1v) is 7.85. The van der Waals surface area contributed by atoms with Crippen LogP contribution < -0.4 is 20.1 Å². The average molecular weight is 393 g/mol. The van der Waals surface area contributed by atoms with Crippen LogP contribution in [0.1, 0.15) is 20.7 Å². The highest BCUT2D eigenvalue weighted by Gasteiger charge is 2.17. The first-order chi connectivity index (χ1) is 11.5. The zero-order valence-electron chi connectivity index (χ0n) is 13.5. The first kappa shape index (κ1) is 17.8. The number of methoxy groups -OCH3 is 2. The molecule has 2 rings (SSSR count). The summed E-state index contributed by atoms with van der Waals surface area (Å²) in [6, 6.07) is 9.94. The highest BCUT2D eigenvalue weighted by atomic mass is 79.9. The molecule has 2 N–H and O–H groups in total. The van der Waals surface area contributed by atoms with Gasteiger partial charge in [0.05, 0.1) is 25.5 Å². The number of anilines is 1. The molecule has 0 aromatic heterocycles. The van der Waals surface area contributed by atoms with Crippen molar-refractivity contribution in [3.8, 4) is 11.5 Å². The number of benzene rings is 2. The molecule has 0 heterocycles. The summed E-state index contributed by atoms with van der Waals surface area (Å²) in [7, 11) is 4.54. The van der Waals surface area contributed by atoms with Crippen LogP contribution in [0.4, 0.5) is 5.69 Å². The highest BCUT2D eigenvalue weighted by Crippen LogP contribution is 2.35. The molecule has 126 valence electrons. The van der Waals surface area contributed by atoms with Gasteiger partial charge in [0.25, 0.3) is 11.8 Å². The largest absolute Gasteiger partial charge is 0.495 e. The van der Waals surface area contributed by atoms with E-state index in [0.29, 0.717) is 32.8 Å². The van der Waals surface area contributed by atoms with Gasteiger partial charge in [0, 0.05) is 12.6 Å². The van der Waals surface area contributed by atoms with Crippen LogP contribution in [0.2, 0.25) is 0 Å². The summed E-state index contributed by atoms with van der Waals surface area (Å²) in [6.45, 7) is 0. The highest BCUT2D eigenvalue weighted by molar-refractivity contribution is 9.10. The lowest BCUT2D eigenvalue weighted by Gasteiger charge is -2.13. The van der Waals surface area contributed by atoms with Gasteiger partial charge >= 0.3 is 0 Å². The number of ether oxygens (including phenoxy) is 2. The van der Waals surface area contributed by atoms with Crippen LogP contribution in [-0.4, -0.2) is 33.1 Å².